The van der Waals surface area contributed by atoms with E-state index < -0.39 is 21.3 Å². The number of hydrogen-bond acceptors (Lipinski definition) is 3. The van der Waals surface area contributed by atoms with E-state index in [1.807, 2.05) is 20.8 Å². The highest BCUT2D eigenvalue weighted by molar-refractivity contribution is 7.85. The molecule has 2 atom stereocenters. The molecule has 2 aliphatic rings. The number of carbonyl (C=O) groups excluding carboxylic acids is 1. The summed E-state index contributed by atoms with van der Waals surface area (Å²) in [5, 5.41) is 0. The van der Waals surface area contributed by atoms with Crippen molar-refractivity contribution in [2.45, 2.75) is 40.0 Å². The lowest BCUT2D eigenvalue weighted by molar-refractivity contribution is -0.128. The van der Waals surface area contributed by atoms with Gasteiger partial charge in [-0.3, -0.25) is 9.35 Å². The number of hydrogen-bond donors (Lipinski definition) is 1. The van der Waals surface area contributed by atoms with Crippen molar-refractivity contribution in [2.75, 3.05) is 5.75 Å². The summed E-state index contributed by atoms with van der Waals surface area (Å²) in [5.41, 5.74) is -1.34. The van der Waals surface area contributed by atoms with Crippen molar-refractivity contribution < 1.29 is 17.8 Å². The molecule has 1 N–H and O–H groups in total. The molecule has 1 unspecified atom stereocenters. The molecule has 0 spiro atoms. The van der Waals surface area contributed by atoms with Gasteiger partial charge in [0.05, 0.1) is 11.2 Å². The molecule has 0 aromatic heterocycles. The molecule has 4 nitrogen and oxygen atoms in total. The first-order chi connectivity index (χ1) is 7.04. The van der Waals surface area contributed by atoms with Crippen LogP contribution in [0, 0.1) is 16.2 Å². The Labute approximate surface area is 96.2 Å². The fourth-order valence-electron chi connectivity index (χ4n) is 3.66. The Morgan fingerprint density at radius 2 is 1.81 bits per heavy atom. The lowest BCUT2D eigenvalue weighted by Crippen LogP contribution is -2.42. The van der Waals surface area contributed by atoms with Gasteiger partial charge in [0.15, 0.2) is 0 Å². The second-order valence-corrected chi connectivity index (χ2v) is 7.55. The van der Waals surface area contributed by atoms with Crippen LogP contribution < -0.4 is 0 Å². The van der Waals surface area contributed by atoms with Crippen molar-refractivity contribution in [3.8, 4) is 0 Å². The van der Waals surface area contributed by atoms with Gasteiger partial charge in [-0.15, -0.1) is 0 Å². The van der Waals surface area contributed by atoms with Gasteiger partial charge in [0.2, 0.25) is 0 Å². The molecule has 2 saturated carbocycles. The number of carbonyl (C=O) groups is 1. The maximum Gasteiger partial charge on any atom is 0.265 e. The molecule has 0 aromatic carbocycles. The number of Topliss-reactive ketones (excluding diaryl/α,β-unsaturated/α-hetero) is 1. The van der Waals surface area contributed by atoms with Gasteiger partial charge in [-0.2, -0.15) is 8.42 Å². The Bertz CT molecular complexity index is 451. The molecule has 16 heavy (non-hydrogen) atoms. The largest absolute Gasteiger partial charge is 0.299 e. The van der Waals surface area contributed by atoms with Crippen molar-refractivity contribution in [2.24, 2.45) is 16.2 Å². The zero-order chi connectivity index (χ0) is 12.4. The van der Waals surface area contributed by atoms with E-state index in [4.69, 9.17) is 4.55 Å². The number of rotatable bonds is 2. The zero-order valence-electron chi connectivity index (χ0n) is 9.91. The topological polar surface area (TPSA) is 71.4 Å². The predicted molar refractivity (Wildman–Crippen MR) is 59.6 cm³/mol. The highest BCUT2D eigenvalue weighted by Gasteiger charge is 2.70. The molecule has 2 rings (SSSR count). The minimum absolute atomic E-state index is 0.00359. The monoisotopic (exact) mass is 246 g/mol. The first-order valence-electron chi connectivity index (χ1n) is 5.53. The molecule has 0 aliphatic heterocycles. The fraction of sp³-hybridized carbons (Fsp3) is 0.909. The summed E-state index contributed by atoms with van der Waals surface area (Å²) >= 11 is 0. The molecule has 0 amide bonds. The van der Waals surface area contributed by atoms with Crippen LogP contribution in [0.5, 0.6) is 0 Å². The smallest absolute Gasteiger partial charge is 0.265 e. The van der Waals surface area contributed by atoms with E-state index in [0.717, 1.165) is 6.42 Å². The average Bonchev–Trinajstić information content (AvgIpc) is 2.30. The summed E-state index contributed by atoms with van der Waals surface area (Å²) in [7, 11) is -4.10. The van der Waals surface area contributed by atoms with Gasteiger partial charge in [-0.25, -0.2) is 0 Å². The second kappa shape index (κ2) is 2.88. The summed E-state index contributed by atoms with van der Waals surface area (Å²) in [4.78, 5) is 12.1. The summed E-state index contributed by atoms with van der Waals surface area (Å²) in [5.74, 6) is -0.412. The first-order valence-corrected chi connectivity index (χ1v) is 7.14. The van der Waals surface area contributed by atoms with Crippen LogP contribution in [0.4, 0.5) is 0 Å². The van der Waals surface area contributed by atoms with Crippen molar-refractivity contribution in [3.63, 3.8) is 0 Å². The molecule has 2 bridgehead atoms. The average molecular weight is 246 g/mol. The van der Waals surface area contributed by atoms with E-state index in [-0.39, 0.29) is 16.6 Å². The molecule has 0 saturated heterocycles. The summed E-state index contributed by atoms with van der Waals surface area (Å²) < 4.78 is 31.3. The molecule has 5 heteroatoms. The molecule has 2 fully saturated rings. The van der Waals surface area contributed by atoms with E-state index in [0.29, 0.717) is 12.8 Å². The van der Waals surface area contributed by atoms with E-state index in [1.54, 1.807) is 0 Å². The van der Waals surface area contributed by atoms with Gasteiger partial charge in [-0.05, 0) is 23.7 Å². The first kappa shape index (κ1) is 12.0. The quantitative estimate of drug-likeness (QED) is 0.752. The Morgan fingerprint density at radius 1 is 1.25 bits per heavy atom. The van der Waals surface area contributed by atoms with Crippen LogP contribution in [0.25, 0.3) is 0 Å². The van der Waals surface area contributed by atoms with Gasteiger partial charge in [-0.1, -0.05) is 20.8 Å². The predicted octanol–water partition coefficient (Wildman–Crippen LogP) is 1.66. The highest BCUT2D eigenvalue weighted by Crippen LogP contribution is 2.70. The lowest BCUT2D eigenvalue weighted by Gasteiger charge is -2.38. The number of fused-ring (bicyclic) bond motifs is 2. The van der Waals surface area contributed by atoms with E-state index in [1.165, 1.54) is 0 Å². The molecular formula is C11H18O4S. The Hall–Kier alpha value is -0.420. The van der Waals surface area contributed by atoms with Crippen molar-refractivity contribution >= 4 is 15.9 Å². The summed E-state index contributed by atoms with van der Waals surface area (Å²) in [6.45, 7) is 5.95. The van der Waals surface area contributed by atoms with Crippen LogP contribution in [-0.2, 0) is 14.9 Å². The SMILES string of the molecule is CC12CC[C@@](CS(=O)(=O)O)(C(=O)C1)C2(C)C. The standard InChI is InChI=1S/C11H18O4S/c1-9(2)10(3)4-5-11(9,8(12)6-10)7-16(13,14)15/h4-7H2,1-3H3,(H,13,14,15)/t10?,11-/m1/s1. The maximum atomic E-state index is 12.1. The van der Waals surface area contributed by atoms with Crippen molar-refractivity contribution in [3.05, 3.63) is 0 Å². The van der Waals surface area contributed by atoms with Gasteiger partial charge in [0, 0.05) is 6.42 Å². The van der Waals surface area contributed by atoms with Crippen LogP contribution in [-0.4, -0.2) is 24.5 Å². The third-order valence-corrected chi connectivity index (χ3v) is 6.18. The van der Waals surface area contributed by atoms with Crippen LogP contribution in [0.15, 0.2) is 0 Å². The normalized spacial score (nSPS) is 41.6. The van der Waals surface area contributed by atoms with Crippen LogP contribution >= 0.6 is 0 Å². The summed E-state index contributed by atoms with van der Waals surface area (Å²) in [6, 6.07) is 0. The minimum atomic E-state index is -4.10. The van der Waals surface area contributed by atoms with Gasteiger partial charge >= 0.3 is 0 Å². The van der Waals surface area contributed by atoms with Crippen molar-refractivity contribution in [1.29, 1.82) is 0 Å². The van der Waals surface area contributed by atoms with Gasteiger partial charge in [0.1, 0.15) is 5.78 Å². The number of ketones is 1. The molecule has 92 valence electrons. The molecule has 2 aliphatic carbocycles. The Morgan fingerprint density at radius 3 is 2.12 bits per heavy atom. The third kappa shape index (κ3) is 1.24. The van der Waals surface area contributed by atoms with E-state index >= 15 is 0 Å². The van der Waals surface area contributed by atoms with Crippen LogP contribution in [0.2, 0.25) is 0 Å². The summed E-state index contributed by atoms with van der Waals surface area (Å²) in [6.07, 6.45) is 1.88. The third-order valence-electron chi connectivity index (χ3n) is 5.32. The van der Waals surface area contributed by atoms with E-state index in [2.05, 4.69) is 0 Å². The molecular weight excluding hydrogens is 228 g/mol. The molecule has 0 heterocycles. The van der Waals surface area contributed by atoms with Crippen LogP contribution in [0.1, 0.15) is 40.0 Å². The molecule has 0 radical (unpaired) electrons. The minimum Gasteiger partial charge on any atom is -0.299 e. The highest BCUT2D eigenvalue weighted by atomic mass is 32.2. The zero-order valence-corrected chi connectivity index (χ0v) is 10.7. The second-order valence-electron chi connectivity index (χ2n) is 6.09. The van der Waals surface area contributed by atoms with Gasteiger partial charge in [0.25, 0.3) is 10.1 Å². The lowest BCUT2D eigenvalue weighted by atomic mass is 9.66. The molecule has 0 aromatic rings. The Kier molecular flexibility index (Phi) is 2.17. The van der Waals surface area contributed by atoms with Crippen molar-refractivity contribution in [1.82, 2.24) is 0 Å². The fourth-order valence-corrected chi connectivity index (χ4v) is 4.95. The maximum absolute atomic E-state index is 12.1. The van der Waals surface area contributed by atoms with Gasteiger partial charge < -0.3 is 0 Å². The van der Waals surface area contributed by atoms with Crippen LogP contribution in [0.3, 0.4) is 0 Å². The Balaban J connectivity index is 2.52. The van der Waals surface area contributed by atoms with E-state index in [9.17, 15) is 13.2 Å².